The molecule has 26 heavy (non-hydrogen) atoms. The highest BCUT2D eigenvalue weighted by atomic mass is 79.9. The fraction of sp³-hybridized carbons (Fsp3) is 0.105. The number of hydrogen-bond donors (Lipinski definition) is 0. The first-order valence-corrected chi connectivity index (χ1v) is 9.33. The number of carbonyl (C=O) groups excluding carboxylic acids is 1. The highest BCUT2D eigenvalue weighted by molar-refractivity contribution is 9.10. The van der Waals surface area contributed by atoms with Gasteiger partial charge in [0.1, 0.15) is 0 Å². The minimum absolute atomic E-state index is 0.191. The maximum Gasteiger partial charge on any atom is 0.330 e. The van der Waals surface area contributed by atoms with Gasteiger partial charge >= 0.3 is 5.69 Å². The molecular formula is C19H15BrN2O3S. The molecule has 0 aliphatic rings. The van der Waals surface area contributed by atoms with Gasteiger partial charge in [-0.15, -0.1) is 11.3 Å². The number of allylic oxidation sites excluding steroid dienone is 1. The number of thiophene rings is 1. The van der Waals surface area contributed by atoms with Crippen LogP contribution in [-0.4, -0.2) is 14.9 Å². The lowest BCUT2D eigenvalue weighted by molar-refractivity contribution is 0.105. The van der Waals surface area contributed by atoms with Gasteiger partial charge in [0, 0.05) is 35.2 Å². The number of aromatic nitrogens is 2. The smallest absolute Gasteiger partial charge is 0.303 e. The number of carbonyl (C=O) groups is 1. The molecule has 3 aromatic rings. The van der Waals surface area contributed by atoms with Gasteiger partial charge in [-0.3, -0.25) is 14.2 Å². The van der Waals surface area contributed by atoms with E-state index in [4.69, 9.17) is 0 Å². The summed E-state index contributed by atoms with van der Waals surface area (Å²) in [5.41, 5.74) is 0.463. The summed E-state index contributed by atoms with van der Waals surface area (Å²) in [7, 11) is 2.97. The Balaban J connectivity index is 1.88. The summed E-state index contributed by atoms with van der Waals surface area (Å²) in [6, 6.07) is 11.5. The normalized spacial score (nSPS) is 11.2. The maximum atomic E-state index is 12.4. The van der Waals surface area contributed by atoms with E-state index in [1.54, 1.807) is 13.1 Å². The van der Waals surface area contributed by atoms with Crippen LogP contribution in [0.1, 0.15) is 15.2 Å². The molecule has 0 radical (unpaired) electrons. The van der Waals surface area contributed by atoms with Crippen molar-refractivity contribution in [3.63, 3.8) is 0 Å². The summed E-state index contributed by atoms with van der Waals surface area (Å²) < 4.78 is 3.28. The lowest BCUT2D eigenvalue weighted by atomic mass is 10.2. The summed E-state index contributed by atoms with van der Waals surface area (Å²) >= 11 is 4.90. The second-order valence-electron chi connectivity index (χ2n) is 5.68. The van der Waals surface area contributed by atoms with Crippen molar-refractivity contribution in [2.45, 2.75) is 0 Å². The second kappa shape index (κ2) is 7.39. The van der Waals surface area contributed by atoms with Crippen LogP contribution in [0, 0.1) is 0 Å². The lowest BCUT2D eigenvalue weighted by Gasteiger charge is -2.02. The number of rotatable bonds is 4. The Morgan fingerprint density at radius 1 is 1.12 bits per heavy atom. The van der Waals surface area contributed by atoms with Crippen LogP contribution in [0.3, 0.4) is 0 Å². The predicted molar refractivity (Wildman–Crippen MR) is 108 cm³/mol. The summed E-state index contributed by atoms with van der Waals surface area (Å²) in [6.07, 6.45) is 4.23. The van der Waals surface area contributed by atoms with Crippen molar-refractivity contribution in [1.29, 1.82) is 0 Å². The zero-order valence-corrected chi connectivity index (χ0v) is 16.5. The summed E-state index contributed by atoms with van der Waals surface area (Å²) in [5.74, 6) is -0.191. The van der Waals surface area contributed by atoms with Crippen LogP contribution >= 0.6 is 27.3 Å². The van der Waals surface area contributed by atoms with Gasteiger partial charge in [-0.1, -0.05) is 34.1 Å². The average molecular weight is 431 g/mol. The number of benzene rings is 1. The van der Waals surface area contributed by atoms with E-state index >= 15 is 0 Å². The third-order valence-corrected chi connectivity index (χ3v) is 5.70. The number of halogens is 1. The van der Waals surface area contributed by atoms with Crippen LogP contribution in [0.5, 0.6) is 0 Å². The first-order valence-electron chi connectivity index (χ1n) is 7.72. The van der Waals surface area contributed by atoms with Gasteiger partial charge in [-0.25, -0.2) is 4.79 Å². The Hall–Kier alpha value is -2.51. The molecular weight excluding hydrogens is 416 g/mol. The molecule has 0 saturated heterocycles. The number of nitrogens with zero attached hydrogens (tertiary/aromatic N) is 2. The van der Waals surface area contributed by atoms with Crippen LogP contribution in [0.25, 0.3) is 16.5 Å². The van der Waals surface area contributed by atoms with Gasteiger partial charge in [-0.05, 0) is 30.4 Å². The minimum atomic E-state index is -0.433. The van der Waals surface area contributed by atoms with Crippen molar-refractivity contribution in [2.24, 2.45) is 14.1 Å². The zero-order chi connectivity index (χ0) is 18.8. The van der Waals surface area contributed by atoms with Crippen molar-refractivity contribution >= 4 is 39.1 Å². The van der Waals surface area contributed by atoms with Crippen LogP contribution in [0.4, 0.5) is 0 Å². The quantitative estimate of drug-likeness (QED) is 0.470. The van der Waals surface area contributed by atoms with E-state index in [2.05, 4.69) is 15.9 Å². The highest BCUT2D eigenvalue weighted by Gasteiger charge is 2.10. The monoisotopic (exact) mass is 430 g/mol. The molecule has 5 nitrogen and oxygen atoms in total. The Kier molecular flexibility index (Phi) is 5.20. The maximum absolute atomic E-state index is 12.4. The molecule has 0 aliphatic carbocycles. The third kappa shape index (κ3) is 3.54. The summed E-state index contributed by atoms with van der Waals surface area (Å²) in [6.45, 7) is 0. The van der Waals surface area contributed by atoms with Crippen molar-refractivity contribution in [2.75, 3.05) is 0 Å². The molecule has 2 aromatic heterocycles. The van der Waals surface area contributed by atoms with Crippen LogP contribution in [-0.2, 0) is 14.1 Å². The van der Waals surface area contributed by atoms with Gasteiger partial charge in [0.25, 0.3) is 5.56 Å². The molecule has 0 fully saturated rings. The number of ketones is 1. The van der Waals surface area contributed by atoms with Gasteiger partial charge in [0.15, 0.2) is 5.78 Å². The molecule has 7 heteroatoms. The molecule has 2 heterocycles. The molecule has 0 saturated carbocycles. The molecule has 3 rings (SSSR count). The molecule has 0 atom stereocenters. The van der Waals surface area contributed by atoms with Crippen LogP contribution < -0.4 is 11.2 Å². The van der Waals surface area contributed by atoms with E-state index in [0.29, 0.717) is 4.88 Å². The summed E-state index contributed by atoms with van der Waals surface area (Å²) in [4.78, 5) is 37.8. The fourth-order valence-corrected chi connectivity index (χ4v) is 4.07. The number of hydrogen-bond acceptors (Lipinski definition) is 4. The van der Waals surface area contributed by atoms with E-state index in [9.17, 15) is 14.4 Å². The molecule has 0 amide bonds. The van der Waals surface area contributed by atoms with E-state index < -0.39 is 11.2 Å². The van der Waals surface area contributed by atoms with Gasteiger partial charge in [0.05, 0.1) is 10.4 Å². The highest BCUT2D eigenvalue weighted by Crippen LogP contribution is 2.33. The fourth-order valence-electron chi connectivity index (χ4n) is 2.47. The molecule has 1 aromatic carbocycles. The Morgan fingerprint density at radius 3 is 2.58 bits per heavy atom. The van der Waals surface area contributed by atoms with Crippen molar-refractivity contribution in [3.8, 4) is 10.4 Å². The average Bonchev–Trinajstić information content (AvgIpc) is 3.12. The predicted octanol–water partition coefficient (Wildman–Crippen LogP) is 3.47. The lowest BCUT2D eigenvalue weighted by Crippen LogP contribution is -2.37. The van der Waals surface area contributed by atoms with Crippen molar-refractivity contribution < 1.29 is 4.79 Å². The minimum Gasteiger partial charge on any atom is -0.303 e. The topological polar surface area (TPSA) is 61.1 Å². The van der Waals surface area contributed by atoms with E-state index in [1.807, 2.05) is 30.3 Å². The third-order valence-electron chi connectivity index (χ3n) is 3.88. The van der Waals surface area contributed by atoms with Crippen LogP contribution in [0.15, 0.2) is 62.7 Å². The van der Waals surface area contributed by atoms with Crippen LogP contribution in [0.2, 0.25) is 0 Å². The second-order valence-corrected chi connectivity index (χ2v) is 7.62. The van der Waals surface area contributed by atoms with Crippen molar-refractivity contribution in [3.05, 3.63) is 84.4 Å². The first-order chi connectivity index (χ1) is 12.4. The number of aryl methyl sites for hydroxylation is 1. The van der Waals surface area contributed by atoms with E-state index in [0.717, 1.165) is 19.5 Å². The Morgan fingerprint density at radius 2 is 1.85 bits per heavy atom. The largest absolute Gasteiger partial charge is 0.330 e. The standard InChI is InChI=1S/C19H15BrN2O3S/c1-21-11-12(18(24)22(2)19(21)25)7-8-15(23)17-10-9-16(26-17)13-5-3-4-6-14(13)20/h3-11H,1-2H3/b8-7+. The molecule has 0 aliphatic heterocycles. The van der Waals surface area contributed by atoms with Gasteiger partial charge < -0.3 is 4.57 Å². The van der Waals surface area contributed by atoms with Crippen molar-refractivity contribution in [1.82, 2.24) is 9.13 Å². The summed E-state index contributed by atoms with van der Waals surface area (Å²) in [5, 5.41) is 0. The van der Waals surface area contributed by atoms with Gasteiger partial charge in [-0.2, -0.15) is 0 Å². The molecule has 0 spiro atoms. The van der Waals surface area contributed by atoms with E-state index in [1.165, 1.54) is 41.3 Å². The first kappa shape index (κ1) is 18.3. The molecule has 0 unspecified atom stereocenters. The molecule has 132 valence electrons. The van der Waals surface area contributed by atoms with Gasteiger partial charge in [0.2, 0.25) is 0 Å². The Bertz CT molecular complexity index is 1140. The SMILES string of the molecule is Cn1cc(/C=C/C(=O)c2ccc(-c3ccccc3Br)s2)c(=O)n(C)c1=O. The van der Waals surface area contributed by atoms with E-state index in [-0.39, 0.29) is 11.3 Å². The molecule has 0 N–H and O–H groups in total. The Labute approximate surface area is 162 Å². The zero-order valence-electron chi connectivity index (χ0n) is 14.1. The molecule has 0 bridgehead atoms.